The first-order chi connectivity index (χ1) is 9.83. The summed E-state index contributed by atoms with van der Waals surface area (Å²) in [5.41, 5.74) is 1.23. The van der Waals surface area contributed by atoms with Gasteiger partial charge in [-0.25, -0.2) is 4.98 Å². The second kappa shape index (κ2) is 8.22. The maximum absolute atomic E-state index is 9.25. The van der Waals surface area contributed by atoms with Gasteiger partial charge in [0.15, 0.2) is 0 Å². The van der Waals surface area contributed by atoms with Crippen LogP contribution in [0, 0.1) is 0 Å². The number of aromatic nitrogens is 1. The zero-order valence-electron chi connectivity index (χ0n) is 12.5. The number of rotatable bonds is 8. The van der Waals surface area contributed by atoms with Gasteiger partial charge in [-0.05, 0) is 30.9 Å². The van der Waals surface area contributed by atoms with Gasteiger partial charge in [-0.3, -0.25) is 4.90 Å². The van der Waals surface area contributed by atoms with Crippen LogP contribution in [0.2, 0.25) is 0 Å². The summed E-state index contributed by atoms with van der Waals surface area (Å²) in [6.45, 7) is 5.01. The van der Waals surface area contributed by atoms with Crippen molar-refractivity contribution in [2.45, 2.75) is 51.6 Å². The molecule has 0 bridgehead atoms. The van der Waals surface area contributed by atoms with E-state index in [-0.39, 0.29) is 6.61 Å². The van der Waals surface area contributed by atoms with Crippen molar-refractivity contribution >= 4 is 5.82 Å². The number of anilines is 1. The molecule has 4 heteroatoms. The van der Waals surface area contributed by atoms with E-state index in [1.807, 2.05) is 6.20 Å². The fourth-order valence-electron chi connectivity index (χ4n) is 2.90. The SMILES string of the molecule is CCCNc1ccc(CN(CCO)C2CCCC2)cn1. The van der Waals surface area contributed by atoms with E-state index in [1.54, 1.807) is 0 Å². The van der Waals surface area contributed by atoms with E-state index < -0.39 is 0 Å². The van der Waals surface area contributed by atoms with Gasteiger partial charge in [-0.15, -0.1) is 0 Å². The van der Waals surface area contributed by atoms with E-state index in [0.29, 0.717) is 6.04 Å². The van der Waals surface area contributed by atoms with E-state index in [9.17, 15) is 5.11 Å². The predicted molar refractivity (Wildman–Crippen MR) is 82.8 cm³/mol. The Bertz CT molecular complexity index is 374. The Morgan fingerprint density at radius 1 is 1.35 bits per heavy atom. The first-order valence-electron chi connectivity index (χ1n) is 7.87. The van der Waals surface area contributed by atoms with Gasteiger partial charge >= 0.3 is 0 Å². The molecule has 1 aliphatic rings. The number of nitrogens with one attached hydrogen (secondary N) is 1. The zero-order valence-corrected chi connectivity index (χ0v) is 12.5. The summed E-state index contributed by atoms with van der Waals surface area (Å²) < 4.78 is 0. The minimum absolute atomic E-state index is 0.236. The highest BCUT2D eigenvalue weighted by molar-refractivity contribution is 5.35. The van der Waals surface area contributed by atoms with Crippen LogP contribution in [0.5, 0.6) is 0 Å². The Kier molecular flexibility index (Phi) is 6.27. The number of nitrogens with zero attached hydrogens (tertiary/aromatic N) is 2. The smallest absolute Gasteiger partial charge is 0.125 e. The van der Waals surface area contributed by atoms with Gasteiger partial charge in [0.05, 0.1) is 6.61 Å². The van der Waals surface area contributed by atoms with Crippen LogP contribution in [0.1, 0.15) is 44.6 Å². The molecule has 0 unspecified atom stereocenters. The van der Waals surface area contributed by atoms with Gasteiger partial charge in [0.1, 0.15) is 5.82 Å². The summed E-state index contributed by atoms with van der Waals surface area (Å²) in [6, 6.07) is 4.83. The summed E-state index contributed by atoms with van der Waals surface area (Å²) in [5.74, 6) is 0.949. The number of pyridine rings is 1. The molecule has 2 N–H and O–H groups in total. The summed E-state index contributed by atoms with van der Waals surface area (Å²) in [5, 5.41) is 12.5. The molecule has 4 nitrogen and oxygen atoms in total. The highest BCUT2D eigenvalue weighted by Gasteiger charge is 2.22. The molecule has 2 rings (SSSR count). The van der Waals surface area contributed by atoms with Crippen molar-refractivity contribution in [2.24, 2.45) is 0 Å². The van der Waals surface area contributed by atoms with E-state index in [4.69, 9.17) is 0 Å². The minimum atomic E-state index is 0.236. The van der Waals surface area contributed by atoms with Crippen molar-refractivity contribution in [3.63, 3.8) is 0 Å². The Labute approximate surface area is 122 Å². The molecule has 0 aromatic carbocycles. The third-order valence-corrected chi connectivity index (χ3v) is 3.99. The maximum Gasteiger partial charge on any atom is 0.125 e. The molecule has 1 aromatic rings. The van der Waals surface area contributed by atoms with E-state index in [2.05, 4.69) is 34.3 Å². The highest BCUT2D eigenvalue weighted by Crippen LogP contribution is 2.24. The Morgan fingerprint density at radius 2 is 2.15 bits per heavy atom. The average molecular weight is 277 g/mol. The largest absolute Gasteiger partial charge is 0.395 e. The standard InChI is InChI=1S/C16H27N3O/c1-2-9-17-16-8-7-14(12-18-16)13-19(10-11-20)15-5-3-4-6-15/h7-8,12,15,20H,2-6,9-11,13H2,1H3,(H,17,18). The molecule has 112 valence electrons. The molecule has 0 amide bonds. The molecule has 1 aliphatic carbocycles. The van der Waals surface area contributed by atoms with Crippen LogP contribution in [-0.2, 0) is 6.54 Å². The van der Waals surface area contributed by atoms with Crippen molar-refractivity contribution in [1.82, 2.24) is 9.88 Å². The van der Waals surface area contributed by atoms with Crippen LogP contribution in [-0.4, -0.2) is 40.7 Å². The van der Waals surface area contributed by atoms with Crippen molar-refractivity contribution in [3.05, 3.63) is 23.9 Å². The lowest BCUT2D eigenvalue weighted by Crippen LogP contribution is -2.35. The Hall–Kier alpha value is -1.13. The Balaban J connectivity index is 1.91. The third-order valence-electron chi connectivity index (χ3n) is 3.99. The molecule has 1 heterocycles. The van der Waals surface area contributed by atoms with Crippen molar-refractivity contribution in [3.8, 4) is 0 Å². The van der Waals surface area contributed by atoms with Crippen molar-refractivity contribution in [2.75, 3.05) is 25.0 Å². The molecule has 1 aromatic heterocycles. The van der Waals surface area contributed by atoms with Gasteiger partial charge in [0.25, 0.3) is 0 Å². The molecule has 1 saturated carbocycles. The number of aliphatic hydroxyl groups is 1. The molecule has 0 spiro atoms. The number of hydrogen-bond acceptors (Lipinski definition) is 4. The Morgan fingerprint density at radius 3 is 2.75 bits per heavy atom. The number of hydrogen-bond donors (Lipinski definition) is 2. The second-order valence-electron chi connectivity index (χ2n) is 5.61. The third kappa shape index (κ3) is 4.46. The van der Waals surface area contributed by atoms with Gasteiger partial charge in [0, 0.05) is 31.9 Å². The zero-order chi connectivity index (χ0) is 14.2. The van der Waals surface area contributed by atoms with E-state index in [1.165, 1.54) is 31.2 Å². The van der Waals surface area contributed by atoms with E-state index >= 15 is 0 Å². The number of aliphatic hydroxyl groups excluding tert-OH is 1. The molecule has 1 fully saturated rings. The first-order valence-corrected chi connectivity index (χ1v) is 7.87. The first kappa shape index (κ1) is 15.3. The van der Waals surface area contributed by atoms with Crippen LogP contribution in [0.25, 0.3) is 0 Å². The molecule has 20 heavy (non-hydrogen) atoms. The van der Waals surface area contributed by atoms with Crippen LogP contribution in [0.15, 0.2) is 18.3 Å². The summed E-state index contributed by atoms with van der Waals surface area (Å²) in [4.78, 5) is 6.86. The second-order valence-corrected chi connectivity index (χ2v) is 5.61. The molecular formula is C16H27N3O. The summed E-state index contributed by atoms with van der Waals surface area (Å²) in [6.07, 6.45) is 8.25. The van der Waals surface area contributed by atoms with Crippen LogP contribution >= 0.6 is 0 Å². The fraction of sp³-hybridized carbons (Fsp3) is 0.688. The van der Waals surface area contributed by atoms with Crippen LogP contribution in [0.4, 0.5) is 5.82 Å². The van der Waals surface area contributed by atoms with E-state index in [0.717, 1.165) is 31.9 Å². The lowest BCUT2D eigenvalue weighted by molar-refractivity contribution is 0.144. The topological polar surface area (TPSA) is 48.4 Å². The monoisotopic (exact) mass is 277 g/mol. The summed E-state index contributed by atoms with van der Waals surface area (Å²) >= 11 is 0. The quantitative estimate of drug-likeness (QED) is 0.767. The molecule has 0 radical (unpaired) electrons. The van der Waals surface area contributed by atoms with Gasteiger partial charge in [0.2, 0.25) is 0 Å². The van der Waals surface area contributed by atoms with Crippen molar-refractivity contribution in [1.29, 1.82) is 0 Å². The minimum Gasteiger partial charge on any atom is -0.395 e. The van der Waals surface area contributed by atoms with Crippen LogP contribution < -0.4 is 5.32 Å². The maximum atomic E-state index is 9.25. The average Bonchev–Trinajstić information content (AvgIpc) is 3.00. The van der Waals surface area contributed by atoms with Gasteiger partial charge in [-0.2, -0.15) is 0 Å². The van der Waals surface area contributed by atoms with Gasteiger partial charge < -0.3 is 10.4 Å². The predicted octanol–water partition coefficient (Wildman–Crippen LogP) is 2.64. The normalized spacial score (nSPS) is 15.9. The lowest BCUT2D eigenvalue weighted by atomic mass is 10.1. The van der Waals surface area contributed by atoms with Crippen LogP contribution in [0.3, 0.4) is 0 Å². The van der Waals surface area contributed by atoms with Gasteiger partial charge in [-0.1, -0.05) is 25.8 Å². The van der Waals surface area contributed by atoms with Crippen molar-refractivity contribution < 1.29 is 5.11 Å². The highest BCUT2D eigenvalue weighted by atomic mass is 16.3. The molecule has 0 saturated heterocycles. The lowest BCUT2D eigenvalue weighted by Gasteiger charge is -2.28. The fourth-order valence-corrected chi connectivity index (χ4v) is 2.90. The molecule has 0 aliphatic heterocycles. The summed E-state index contributed by atoms with van der Waals surface area (Å²) in [7, 11) is 0. The molecular weight excluding hydrogens is 250 g/mol. The molecule has 0 atom stereocenters.